The number of hydrogen-bond donors (Lipinski definition) is 2. The van der Waals surface area contributed by atoms with Crippen molar-refractivity contribution >= 4 is 17.9 Å². The van der Waals surface area contributed by atoms with Crippen LogP contribution in [0.5, 0.6) is 0 Å². The van der Waals surface area contributed by atoms with Gasteiger partial charge in [-0.15, -0.1) is 0 Å². The third kappa shape index (κ3) is 6.95. The molecule has 0 saturated carbocycles. The van der Waals surface area contributed by atoms with Crippen molar-refractivity contribution in [2.24, 2.45) is 5.73 Å². The fraction of sp³-hybridized carbons (Fsp3) is 0.571. The van der Waals surface area contributed by atoms with Gasteiger partial charge < -0.3 is 15.6 Å². The smallest absolute Gasteiger partial charge is 0.327 e. The second-order valence-electron chi connectivity index (χ2n) is 2.30. The molecule has 3 N–H and O–H groups in total. The van der Waals surface area contributed by atoms with Crippen LogP contribution in [-0.4, -0.2) is 29.6 Å². The number of rotatable bonds is 5. The molecule has 0 aliphatic heterocycles. The Morgan fingerprint density at radius 3 is 2.23 bits per heavy atom. The Hall–Kier alpha value is -1.43. The van der Waals surface area contributed by atoms with Crippen LogP contribution in [0.15, 0.2) is 0 Å². The van der Waals surface area contributed by atoms with Gasteiger partial charge >= 0.3 is 17.9 Å². The number of carbonyl (C=O) groups excluding carboxylic acids is 2. The van der Waals surface area contributed by atoms with Crippen LogP contribution in [0.1, 0.15) is 19.3 Å². The first kappa shape index (κ1) is 11.6. The topological polar surface area (TPSA) is 107 Å². The van der Waals surface area contributed by atoms with Gasteiger partial charge in [0.1, 0.15) is 0 Å². The predicted molar refractivity (Wildman–Crippen MR) is 41.6 cm³/mol. The van der Waals surface area contributed by atoms with Crippen LogP contribution in [0, 0.1) is 0 Å². The molecule has 0 spiro atoms. The van der Waals surface area contributed by atoms with E-state index in [2.05, 4.69) is 4.74 Å². The van der Waals surface area contributed by atoms with Gasteiger partial charge in [-0.05, 0) is 6.42 Å². The van der Waals surface area contributed by atoms with Crippen LogP contribution in [0.2, 0.25) is 0 Å². The van der Waals surface area contributed by atoms with Crippen molar-refractivity contribution in [2.45, 2.75) is 19.3 Å². The maximum Gasteiger partial charge on any atom is 0.327 e. The summed E-state index contributed by atoms with van der Waals surface area (Å²) < 4.78 is 4.19. The monoisotopic (exact) mass is 189 g/mol. The summed E-state index contributed by atoms with van der Waals surface area (Å²) in [6.07, 6.45) is -0.0457. The summed E-state index contributed by atoms with van der Waals surface area (Å²) >= 11 is 0. The number of carboxylic acid groups (broad SMARTS) is 1. The molecule has 0 bridgehead atoms. The van der Waals surface area contributed by atoms with E-state index < -0.39 is 17.9 Å². The summed E-state index contributed by atoms with van der Waals surface area (Å²) in [7, 11) is 0. The van der Waals surface area contributed by atoms with E-state index in [0.29, 0.717) is 0 Å². The van der Waals surface area contributed by atoms with Crippen LogP contribution in [0.25, 0.3) is 0 Å². The summed E-state index contributed by atoms with van der Waals surface area (Å²) in [5.41, 5.74) is 4.88. The zero-order chi connectivity index (χ0) is 10.3. The molecule has 0 saturated heterocycles. The van der Waals surface area contributed by atoms with Crippen molar-refractivity contribution in [3.8, 4) is 0 Å². The molecule has 13 heavy (non-hydrogen) atoms. The lowest BCUT2D eigenvalue weighted by atomic mass is 10.2. The lowest BCUT2D eigenvalue weighted by molar-refractivity contribution is -0.158. The molecule has 0 amide bonds. The molecule has 6 heteroatoms. The van der Waals surface area contributed by atoms with Crippen molar-refractivity contribution in [1.29, 1.82) is 0 Å². The van der Waals surface area contributed by atoms with Gasteiger partial charge in [0.25, 0.3) is 0 Å². The molecular weight excluding hydrogens is 178 g/mol. The molecule has 0 unspecified atom stereocenters. The Morgan fingerprint density at radius 2 is 1.77 bits per heavy atom. The predicted octanol–water partition coefficient (Wildman–Crippen LogP) is -0.730. The van der Waals surface area contributed by atoms with E-state index in [1.165, 1.54) is 0 Å². The van der Waals surface area contributed by atoms with Gasteiger partial charge in [-0.25, -0.2) is 0 Å². The van der Waals surface area contributed by atoms with Crippen molar-refractivity contribution in [3.05, 3.63) is 0 Å². The quantitative estimate of drug-likeness (QED) is 0.436. The first-order valence-electron chi connectivity index (χ1n) is 3.71. The van der Waals surface area contributed by atoms with Crippen LogP contribution in [0.3, 0.4) is 0 Å². The maximum absolute atomic E-state index is 10.7. The van der Waals surface area contributed by atoms with Crippen molar-refractivity contribution in [2.75, 3.05) is 6.54 Å². The third-order valence-corrected chi connectivity index (χ3v) is 1.17. The van der Waals surface area contributed by atoms with E-state index in [1.807, 2.05) is 0 Å². The zero-order valence-electron chi connectivity index (χ0n) is 6.99. The van der Waals surface area contributed by atoms with Crippen LogP contribution in [-0.2, 0) is 19.1 Å². The Bertz CT molecular complexity index is 213. The second kappa shape index (κ2) is 6.13. The van der Waals surface area contributed by atoms with E-state index in [4.69, 9.17) is 10.8 Å². The molecule has 0 aromatic carbocycles. The number of carboxylic acids is 1. The molecule has 0 radical (unpaired) electrons. The molecule has 0 atom stereocenters. The van der Waals surface area contributed by atoms with Crippen molar-refractivity contribution in [1.82, 2.24) is 0 Å². The Balaban J connectivity index is 3.52. The van der Waals surface area contributed by atoms with Crippen molar-refractivity contribution < 1.29 is 24.2 Å². The number of carbonyl (C=O) groups is 3. The molecule has 6 nitrogen and oxygen atoms in total. The number of ether oxygens (including phenoxy) is 1. The second-order valence-corrected chi connectivity index (χ2v) is 2.30. The van der Waals surface area contributed by atoms with E-state index in [0.717, 1.165) is 0 Å². The van der Waals surface area contributed by atoms with E-state index in [-0.39, 0.29) is 25.8 Å². The lowest BCUT2D eigenvalue weighted by Gasteiger charge is -1.99. The minimum Gasteiger partial charge on any atom is -0.481 e. The SMILES string of the molecule is NCC(=O)OC(=O)CCCC(=O)O. The van der Waals surface area contributed by atoms with Gasteiger partial charge in [0, 0.05) is 12.8 Å². The number of hydrogen-bond acceptors (Lipinski definition) is 5. The van der Waals surface area contributed by atoms with Gasteiger partial charge in [-0.2, -0.15) is 0 Å². The molecule has 0 fully saturated rings. The molecule has 0 aromatic rings. The van der Waals surface area contributed by atoms with Crippen LogP contribution >= 0.6 is 0 Å². The van der Waals surface area contributed by atoms with E-state index in [1.54, 1.807) is 0 Å². The summed E-state index contributed by atoms with van der Waals surface area (Å²) in [6, 6.07) is 0. The van der Waals surface area contributed by atoms with E-state index in [9.17, 15) is 14.4 Å². The van der Waals surface area contributed by atoms with Gasteiger partial charge in [0.15, 0.2) is 0 Å². The minimum atomic E-state index is -0.988. The zero-order valence-corrected chi connectivity index (χ0v) is 6.99. The summed E-state index contributed by atoms with van der Waals surface area (Å²) in [6.45, 7) is -0.356. The third-order valence-electron chi connectivity index (χ3n) is 1.17. The highest BCUT2D eigenvalue weighted by molar-refractivity contribution is 5.86. The van der Waals surface area contributed by atoms with Crippen LogP contribution < -0.4 is 5.73 Å². The molecule has 0 rings (SSSR count). The van der Waals surface area contributed by atoms with Gasteiger partial charge in [-0.3, -0.25) is 14.4 Å². The highest BCUT2D eigenvalue weighted by Gasteiger charge is 2.08. The minimum absolute atomic E-state index is 0.0853. The number of nitrogens with two attached hydrogens (primary N) is 1. The van der Waals surface area contributed by atoms with E-state index >= 15 is 0 Å². The highest BCUT2D eigenvalue weighted by atomic mass is 16.6. The van der Waals surface area contributed by atoms with Crippen LogP contribution in [0.4, 0.5) is 0 Å². The fourth-order valence-corrected chi connectivity index (χ4v) is 0.604. The normalized spacial score (nSPS) is 9.31. The molecule has 0 aromatic heterocycles. The standard InChI is InChI=1S/C7H11NO5/c8-4-7(12)13-6(11)3-1-2-5(9)10/h1-4,8H2,(H,9,10). The summed E-state index contributed by atoms with van der Waals surface area (Å²) in [4.78, 5) is 31.2. The molecule has 0 aliphatic rings. The Kier molecular flexibility index (Phi) is 5.45. The molecule has 0 aliphatic carbocycles. The Labute approximate surface area is 74.7 Å². The number of esters is 2. The first-order valence-corrected chi connectivity index (χ1v) is 3.71. The summed E-state index contributed by atoms with van der Waals surface area (Å²) in [5, 5.41) is 8.22. The molecular formula is C7H11NO5. The first-order chi connectivity index (χ1) is 6.06. The largest absolute Gasteiger partial charge is 0.481 e. The average Bonchev–Trinajstić information content (AvgIpc) is 2.03. The summed E-state index contributed by atoms with van der Waals surface area (Å²) in [5.74, 6) is -2.53. The average molecular weight is 189 g/mol. The molecule has 0 heterocycles. The van der Waals surface area contributed by atoms with Gasteiger partial charge in [0.05, 0.1) is 6.54 Å². The highest BCUT2D eigenvalue weighted by Crippen LogP contribution is 1.97. The van der Waals surface area contributed by atoms with Gasteiger partial charge in [-0.1, -0.05) is 0 Å². The lowest BCUT2D eigenvalue weighted by Crippen LogP contribution is -2.20. The molecule has 74 valence electrons. The fourth-order valence-electron chi connectivity index (χ4n) is 0.604. The van der Waals surface area contributed by atoms with Crippen molar-refractivity contribution in [3.63, 3.8) is 0 Å². The number of aliphatic carboxylic acids is 1. The maximum atomic E-state index is 10.7. The Morgan fingerprint density at radius 1 is 1.15 bits per heavy atom. The van der Waals surface area contributed by atoms with Gasteiger partial charge in [0.2, 0.25) is 0 Å².